The van der Waals surface area contributed by atoms with E-state index in [0.717, 1.165) is 4.31 Å². The quantitative estimate of drug-likeness (QED) is 0.758. The zero-order valence-corrected chi connectivity index (χ0v) is 12.0. The predicted octanol–water partition coefficient (Wildman–Crippen LogP) is 1.55. The van der Waals surface area contributed by atoms with Gasteiger partial charge in [-0.25, -0.2) is 8.42 Å². The maximum Gasteiger partial charge on any atom is 0.324 e. The number of carbonyl (C=O) groups is 1. The lowest BCUT2D eigenvalue weighted by molar-refractivity contribution is -0.146. The van der Waals surface area contributed by atoms with Gasteiger partial charge >= 0.3 is 5.97 Å². The van der Waals surface area contributed by atoms with Crippen molar-refractivity contribution in [2.24, 2.45) is 5.92 Å². The first-order chi connectivity index (χ1) is 7.55. The van der Waals surface area contributed by atoms with Crippen LogP contribution >= 0.6 is 0 Å². The summed E-state index contributed by atoms with van der Waals surface area (Å²) in [5, 5.41) is 9.08. The van der Waals surface area contributed by atoms with Crippen molar-refractivity contribution >= 4 is 16.0 Å². The van der Waals surface area contributed by atoms with Gasteiger partial charge in [0.15, 0.2) is 0 Å². The van der Waals surface area contributed by atoms with Crippen LogP contribution in [0.5, 0.6) is 0 Å². The average molecular weight is 265 g/mol. The van der Waals surface area contributed by atoms with Gasteiger partial charge < -0.3 is 5.11 Å². The van der Waals surface area contributed by atoms with Crippen molar-refractivity contribution < 1.29 is 18.3 Å². The molecule has 6 heteroatoms. The van der Waals surface area contributed by atoms with Gasteiger partial charge in [-0.2, -0.15) is 4.31 Å². The first-order valence-corrected chi connectivity index (χ1v) is 7.40. The maximum absolute atomic E-state index is 12.1. The van der Waals surface area contributed by atoms with E-state index in [4.69, 9.17) is 5.11 Å². The van der Waals surface area contributed by atoms with Gasteiger partial charge in [0.2, 0.25) is 10.0 Å². The average Bonchev–Trinajstić information content (AvgIpc) is 2.14. The lowest BCUT2D eigenvalue weighted by Gasteiger charge is -2.33. The molecular weight excluding hydrogens is 242 g/mol. The molecule has 0 aliphatic carbocycles. The number of sulfonamides is 1. The molecule has 0 heterocycles. The van der Waals surface area contributed by atoms with Crippen LogP contribution in [0, 0.1) is 5.92 Å². The van der Waals surface area contributed by atoms with Crippen molar-refractivity contribution in [1.82, 2.24) is 4.31 Å². The second kappa shape index (κ2) is 5.82. The summed E-state index contributed by atoms with van der Waals surface area (Å²) in [6, 6.07) is 0. The number of nitrogens with zero attached hydrogens (tertiary/aromatic N) is 1. The molecule has 17 heavy (non-hydrogen) atoms. The highest BCUT2D eigenvalue weighted by molar-refractivity contribution is 7.89. The molecule has 0 aliphatic heterocycles. The molecule has 0 unspecified atom stereocenters. The van der Waals surface area contributed by atoms with Crippen molar-refractivity contribution in [3.05, 3.63) is 0 Å². The molecule has 0 rings (SSSR count). The Bertz CT molecular complexity index is 360. The molecular formula is C11H23NO4S. The Labute approximate surface area is 104 Å². The number of hydrogen-bond donors (Lipinski definition) is 1. The van der Waals surface area contributed by atoms with E-state index in [0.29, 0.717) is 6.42 Å². The Morgan fingerprint density at radius 1 is 1.35 bits per heavy atom. The van der Waals surface area contributed by atoms with Crippen molar-refractivity contribution in [3.8, 4) is 0 Å². The number of aliphatic carboxylic acids is 1. The minimum atomic E-state index is -3.52. The molecule has 0 aromatic carbocycles. The van der Waals surface area contributed by atoms with Crippen LogP contribution in [-0.4, -0.2) is 41.6 Å². The summed E-state index contributed by atoms with van der Waals surface area (Å²) >= 11 is 0. The molecule has 0 spiro atoms. The highest BCUT2D eigenvalue weighted by Crippen LogP contribution is 2.20. The van der Waals surface area contributed by atoms with Crippen LogP contribution in [0.4, 0.5) is 0 Å². The van der Waals surface area contributed by atoms with E-state index < -0.39 is 21.5 Å². The van der Waals surface area contributed by atoms with E-state index in [-0.39, 0.29) is 18.2 Å². The summed E-state index contributed by atoms with van der Waals surface area (Å²) < 4.78 is 25.2. The molecule has 0 atom stereocenters. The molecule has 102 valence electrons. The molecule has 0 radical (unpaired) electrons. The summed E-state index contributed by atoms with van der Waals surface area (Å²) in [6.07, 6.45) is 0.536. The lowest BCUT2D eigenvalue weighted by atomic mass is 10.1. The van der Waals surface area contributed by atoms with Crippen LogP contribution in [0.2, 0.25) is 0 Å². The van der Waals surface area contributed by atoms with Gasteiger partial charge in [0.25, 0.3) is 0 Å². The summed E-state index contributed by atoms with van der Waals surface area (Å²) in [7, 11) is -3.52. The van der Waals surface area contributed by atoms with E-state index >= 15 is 0 Å². The molecule has 0 aromatic heterocycles. The lowest BCUT2D eigenvalue weighted by Crippen LogP contribution is -2.53. The first kappa shape index (κ1) is 16.4. The molecule has 0 saturated heterocycles. The largest absolute Gasteiger partial charge is 0.480 e. The second-order valence-corrected chi connectivity index (χ2v) is 7.04. The third kappa shape index (κ3) is 4.27. The molecule has 5 nitrogen and oxygen atoms in total. The van der Waals surface area contributed by atoms with Crippen molar-refractivity contribution in [2.75, 3.05) is 12.3 Å². The van der Waals surface area contributed by atoms with Gasteiger partial charge in [-0.15, -0.1) is 0 Å². The van der Waals surface area contributed by atoms with Crippen LogP contribution in [0.25, 0.3) is 0 Å². The van der Waals surface area contributed by atoms with Crippen LogP contribution < -0.4 is 0 Å². The Kier molecular flexibility index (Phi) is 5.61. The summed E-state index contributed by atoms with van der Waals surface area (Å²) in [5.41, 5.74) is -1.40. The predicted molar refractivity (Wildman–Crippen MR) is 67.3 cm³/mol. The van der Waals surface area contributed by atoms with Crippen molar-refractivity contribution in [2.45, 2.75) is 46.6 Å². The number of rotatable bonds is 7. The summed E-state index contributed by atoms with van der Waals surface area (Å²) in [4.78, 5) is 11.1. The smallest absolute Gasteiger partial charge is 0.324 e. The number of carboxylic acids is 1. The van der Waals surface area contributed by atoms with E-state index in [1.165, 1.54) is 13.8 Å². The molecule has 0 aliphatic rings. The standard InChI is InChI=1S/C11H23NO4S/c1-6-12(11(4,5)10(13)14)17(15,16)8-7-9(2)3/h9H,6-8H2,1-5H3,(H,13,14). The summed E-state index contributed by atoms with van der Waals surface area (Å²) in [5.74, 6) is -0.862. The van der Waals surface area contributed by atoms with Gasteiger partial charge in [0.05, 0.1) is 5.75 Å². The van der Waals surface area contributed by atoms with E-state index in [2.05, 4.69) is 0 Å². The molecule has 1 N–H and O–H groups in total. The maximum atomic E-state index is 12.1. The second-order valence-electron chi connectivity index (χ2n) is 5.03. The summed E-state index contributed by atoms with van der Waals surface area (Å²) in [6.45, 7) is 8.51. The fourth-order valence-electron chi connectivity index (χ4n) is 1.54. The topological polar surface area (TPSA) is 74.7 Å². The van der Waals surface area contributed by atoms with Gasteiger partial charge in [0.1, 0.15) is 5.54 Å². The Morgan fingerprint density at radius 2 is 1.82 bits per heavy atom. The minimum Gasteiger partial charge on any atom is -0.480 e. The molecule has 0 bridgehead atoms. The zero-order chi connectivity index (χ0) is 13.9. The molecule has 0 amide bonds. The third-order valence-electron chi connectivity index (χ3n) is 2.72. The molecule has 0 fully saturated rings. The number of likely N-dealkylation sites (N-methyl/N-ethyl adjacent to an activating group) is 1. The zero-order valence-electron chi connectivity index (χ0n) is 11.2. The monoisotopic (exact) mass is 265 g/mol. The van der Waals surface area contributed by atoms with E-state index in [1.54, 1.807) is 6.92 Å². The number of hydrogen-bond acceptors (Lipinski definition) is 3. The van der Waals surface area contributed by atoms with Crippen LogP contribution in [0.3, 0.4) is 0 Å². The van der Waals surface area contributed by atoms with Crippen molar-refractivity contribution in [1.29, 1.82) is 0 Å². The molecule has 0 aromatic rings. The van der Waals surface area contributed by atoms with Crippen LogP contribution in [-0.2, 0) is 14.8 Å². The van der Waals surface area contributed by atoms with E-state index in [9.17, 15) is 13.2 Å². The fourth-order valence-corrected chi connectivity index (χ4v) is 3.70. The third-order valence-corrected chi connectivity index (χ3v) is 4.86. The Balaban J connectivity index is 5.06. The SMILES string of the molecule is CCN(C(C)(C)C(=O)O)S(=O)(=O)CCC(C)C. The number of carboxylic acid groups (broad SMARTS) is 1. The highest BCUT2D eigenvalue weighted by Gasteiger charge is 2.40. The van der Waals surface area contributed by atoms with E-state index in [1.807, 2.05) is 13.8 Å². The Morgan fingerprint density at radius 3 is 2.12 bits per heavy atom. The van der Waals surface area contributed by atoms with Gasteiger partial charge in [-0.3, -0.25) is 4.79 Å². The van der Waals surface area contributed by atoms with Gasteiger partial charge in [-0.05, 0) is 26.2 Å². The van der Waals surface area contributed by atoms with Crippen LogP contribution in [0.1, 0.15) is 41.0 Å². The normalized spacial score (nSPS) is 13.4. The van der Waals surface area contributed by atoms with Crippen molar-refractivity contribution in [3.63, 3.8) is 0 Å². The highest BCUT2D eigenvalue weighted by atomic mass is 32.2. The molecule has 0 saturated carbocycles. The Hall–Kier alpha value is -0.620. The van der Waals surface area contributed by atoms with Gasteiger partial charge in [0, 0.05) is 6.54 Å². The van der Waals surface area contributed by atoms with Gasteiger partial charge in [-0.1, -0.05) is 20.8 Å². The minimum absolute atomic E-state index is 0.00475. The van der Waals surface area contributed by atoms with Crippen LogP contribution in [0.15, 0.2) is 0 Å². The first-order valence-electron chi connectivity index (χ1n) is 5.79. The fraction of sp³-hybridized carbons (Fsp3) is 0.909.